The quantitative estimate of drug-likeness (QED) is 0.767. The highest BCUT2D eigenvalue weighted by atomic mass is 16.5. The monoisotopic (exact) mass is 260 g/mol. The van der Waals surface area contributed by atoms with Gasteiger partial charge >= 0.3 is 5.97 Å². The van der Waals surface area contributed by atoms with Gasteiger partial charge in [0.2, 0.25) is 0 Å². The summed E-state index contributed by atoms with van der Waals surface area (Å²) in [5.41, 5.74) is 5.53. The second kappa shape index (κ2) is 5.36. The van der Waals surface area contributed by atoms with Crippen LogP contribution in [0.4, 0.5) is 0 Å². The second-order valence-corrected chi connectivity index (χ2v) is 6.07. The molecule has 0 spiro atoms. The van der Waals surface area contributed by atoms with Crippen molar-refractivity contribution in [1.82, 2.24) is 0 Å². The van der Waals surface area contributed by atoms with Crippen molar-refractivity contribution in [3.63, 3.8) is 0 Å². The Bertz CT molecular complexity index is 467. The third-order valence-corrected chi connectivity index (χ3v) is 4.31. The zero-order valence-corrected chi connectivity index (χ0v) is 12.6. The summed E-state index contributed by atoms with van der Waals surface area (Å²) in [6, 6.07) is 4.51. The average Bonchev–Trinajstić information content (AvgIpc) is 3.05. The highest BCUT2D eigenvalue weighted by Gasteiger charge is 2.44. The maximum atomic E-state index is 11.5. The molecule has 2 rings (SSSR count). The van der Waals surface area contributed by atoms with Gasteiger partial charge in [-0.15, -0.1) is 0 Å². The minimum Gasteiger partial charge on any atom is -0.469 e. The number of carbonyl (C=O) groups is 1. The van der Waals surface area contributed by atoms with Gasteiger partial charge in [-0.2, -0.15) is 0 Å². The van der Waals surface area contributed by atoms with Crippen molar-refractivity contribution in [2.24, 2.45) is 11.8 Å². The molecule has 0 radical (unpaired) electrons. The van der Waals surface area contributed by atoms with Crippen molar-refractivity contribution in [2.45, 2.75) is 46.5 Å². The molecule has 0 aliphatic heterocycles. The van der Waals surface area contributed by atoms with Crippen LogP contribution < -0.4 is 0 Å². The van der Waals surface area contributed by atoms with Crippen molar-refractivity contribution in [2.75, 3.05) is 7.11 Å². The van der Waals surface area contributed by atoms with Gasteiger partial charge in [0.15, 0.2) is 0 Å². The number of ether oxygens (including phenoxy) is 1. The molecule has 0 aromatic heterocycles. The number of esters is 1. The molecule has 3 atom stereocenters. The smallest absolute Gasteiger partial charge is 0.308 e. The molecule has 19 heavy (non-hydrogen) atoms. The van der Waals surface area contributed by atoms with E-state index in [9.17, 15) is 4.79 Å². The summed E-state index contributed by atoms with van der Waals surface area (Å²) < 4.78 is 4.82. The summed E-state index contributed by atoms with van der Waals surface area (Å²) in [4.78, 5) is 11.5. The Hall–Kier alpha value is -1.31. The van der Waals surface area contributed by atoms with Crippen molar-refractivity contribution >= 4 is 5.97 Å². The van der Waals surface area contributed by atoms with E-state index >= 15 is 0 Å². The molecule has 104 valence electrons. The van der Waals surface area contributed by atoms with E-state index in [0.717, 1.165) is 12.8 Å². The molecule has 1 aliphatic carbocycles. The van der Waals surface area contributed by atoms with Crippen LogP contribution in [0.3, 0.4) is 0 Å². The Kier molecular flexibility index (Phi) is 3.98. The van der Waals surface area contributed by atoms with Crippen LogP contribution >= 0.6 is 0 Å². The van der Waals surface area contributed by atoms with Gasteiger partial charge in [-0.3, -0.25) is 4.79 Å². The fourth-order valence-corrected chi connectivity index (χ4v) is 3.49. The lowest BCUT2D eigenvalue weighted by molar-refractivity contribution is -0.142. The van der Waals surface area contributed by atoms with Crippen LogP contribution in [0.15, 0.2) is 12.1 Å². The summed E-state index contributed by atoms with van der Waals surface area (Å²) in [6.45, 7) is 8.80. The summed E-state index contributed by atoms with van der Waals surface area (Å²) in [5, 5.41) is 0. The predicted octanol–water partition coefficient (Wildman–Crippen LogP) is 3.91. The molecule has 0 amide bonds. The van der Waals surface area contributed by atoms with E-state index in [0.29, 0.717) is 11.8 Å². The predicted molar refractivity (Wildman–Crippen MR) is 77.3 cm³/mol. The van der Waals surface area contributed by atoms with Crippen LogP contribution in [0, 0.1) is 32.6 Å². The Morgan fingerprint density at radius 2 is 1.89 bits per heavy atom. The van der Waals surface area contributed by atoms with Crippen LogP contribution in [0.25, 0.3) is 0 Å². The minimum atomic E-state index is -0.0328. The number of hydrogen-bond donors (Lipinski definition) is 0. The van der Waals surface area contributed by atoms with Crippen molar-refractivity contribution in [3.8, 4) is 0 Å². The molecule has 0 saturated heterocycles. The average molecular weight is 260 g/mol. The minimum absolute atomic E-state index is 0.0328. The Balaban J connectivity index is 2.06. The highest BCUT2D eigenvalue weighted by molar-refractivity contribution is 5.75. The lowest BCUT2D eigenvalue weighted by Crippen LogP contribution is -2.07. The molecule has 1 aromatic rings. The molecule has 1 aliphatic rings. The Labute approximate surface area is 116 Å². The zero-order valence-electron chi connectivity index (χ0n) is 12.6. The molecule has 2 heteroatoms. The van der Waals surface area contributed by atoms with Crippen molar-refractivity contribution in [3.05, 3.63) is 34.4 Å². The first-order valence-electron chi connectivity index (χ1n) is 7.09. The molecule has 1 aromatic carbocycles. The number of carbonyl (C=O) groups excluding carboxylic acids is 1. The van der Waals surface area contributed by atoms with Crippen molar-refractivity contribution in [1.29, 1.82) is 0 Å². The summed E-state index contributed by atoms with van der Waals surface area (Å²) in [5.74, 6) is 1.15. The molecular weight excluding hydrogens is 236 g/mol. The van der Waals surface area contributed by atoms with Crippen LogP contribution in [-0.2, 0) is 9.53 Å². The van der Waals surface area contributed by atoms with Gasteiger partial charge in [0.05, 0.1) is 13.0 Å². The van der Waals surface area contributed by atoms with E-state index in [1.807, 2.05) is 0 Å². The van der Waals surface area contributed by atoms with Crippen molar-refractivity contribution < 1.29 is 9.53 Å². The van der Waals surface area contributed by atoms with E-state index in [1.165, 1.54) is 29.4 Å². The highest BCUT2D eigenvalue weighted by Crippen LogP contribution is 2.46. The number of benzene rings is 1. The Morgan fingerprint density at radius 3 is 2.42 bits per heavy atom. The lowest BCUT2D eigenvalue weighted by Gasteiger charge is -2.18. The van der Waals surface area contributed by atoms with E-state index in [4.69, 9.17) is 4.74 Å². The SMILES string of the molecule is COC(=O)C1CC1CC(C)c1c(C)cc(C)cc1C. The van der Waals surface area contributed by atoms with Gasteiger partial charge in [-0.05, 0) is 62.1 Å². The first kappa shape index (κ1) is 14.1. The first-order chi connectivity index (χ1) is 8.93. The molecule has 2 nitrogen and oxygen atoms in total. The number of hydrogen-bond acceptors (Lipinski definition) is 2. The van der Waals surface area contributed by atoms with Crippen LogP contribution in [0.1, 0.15) is 47.9 Å². The lowest BCUT2D eigenvalue weighted by atomic mass is 9.87. The van der Waals surface area contributed by atoms with E-state index in [-0.39, 0.29) is 11.9 Å². The van der Waals surface area contributed by atoms with Gasteiger partial charge in [0.1, 0.15) is 0 Å². The Morgan fingerprint density at radius 1 is 1.32 bits per heavy atom. The van der Waals surface area contributed by atoms with Gasteiger partial charge in [0.25, 0.3) is 0 Å². The summed E-state index contributed by atoms with van der Waals surface area (Å²) >= 11 is 0. The molecule has 1 fully saturated rings. The molecule has 0 bridgehead atoms. The fourth-order valence-electron chi connectivity index (χ4n) is 3.49. The van der Waals surface area contributed by atoms with Crippen LogP contribution in [0.2, 0.25) is 0 Å². The summed E-state index contributed by atoms with van der Waals surface area (Å²) in [6.07, 6.45) is 2.09. The van der Waals surface area contributed by atoms with Crippen LogP contribution in [-0.4, -0.2) is 13.1 Å². The maximum absolute atomic E-state index is 11.5. The number of rotatable bonds is 4. The molecular formula is C17H24O2. The third-order valence-electron chi connectivity index (χ3n) is 4.31. The van der Waals surface area contributed by atoms with E-state index in [2.05, 4.69) is 39.8 Å². The van der Waals surface area contributed by atoms with Gasteiger partial charge < -0.3 is 4.74 Å². The standard InChI is InChI=1S/C17H24O2/c1-10-6-11(2)16(12(3)7-10)13(4)8-14-9-15(14)17(18)19-5/h6-7,13-15H,8-9H2,1-5H3. The molecule has 0 N–H and O–H groups in total. The summed E-state index contributed by atoms with van der Waals surface area (Å²) in [7, 11) is 1.48. The van der Waals surface area contributed by atoms with E-state index < -0.39 is 0 Å². The number of methoxy groups -OCH3 is 1. The molecule has 0 heterocycles. The normalized spacial score (nSPS) is 23.0. The van der Waals surface area contributed by atoms with Crippen LogP contribution in [0.5, 0.6) is 0 Å². The van der Waals surface area contributed by atoms with Gasteiger partial charge in [-0.25, -0.2) is 0 Å². The molecule has 3 unspecified atom stereocenters. The van der Waals surface area contributed by atoms with Gasteiger partial charge in [-0.1, -0.05) is 24.6 Å². The number of aryl methyl sites for hydroxylation is 3. The van der Waals surface area contributed by atoms with E-state index in [1.54, 1.807) is 0 Å². The third kappa shape index (κ3) is 2.99. The largest absolute Gasteiger partial charge is 0.469 e. The molecule has 1 saturated carbocycles. The zero-order chi connectivity index (χ0) is 14.2. The second-order valence-electron chi connectivity index (χ2n) is 6.07. The topological polar surface area (TPSA) is 26.3 Å². The van der Waals surface area contributed by atoms with Gasteiger partial charge in [0, 0.05) is 0 Å². The fraction of sp³-hybridized carbons (Fsp3) is 0.588. The maximum Gasteiger partial charge on any atom is 0.308 e. The first-order valence-corrected chi connectivity index (χ1v) is 7.09.